The Morgan fingerprint density at radius 3 is 2.65 bits per heavy atom. The lowest BCUT2D eigenvalue weighted by Gasteiger charge is -2.30. The van der Waals surface area contributed by atoms with Crippen molar-refractivity contribution in [3.05, 3.63) is 71.0 Å². The number of carbonyl (C=O) groups excluding carboxylic acids is 2. The Morgan fingerprint density at radius 2 is 1.88 bits per heavy atom. The quantitative estimate of drug-likeness (QED) is 0.385. The van der Waals surface area contributed by atoms with Gasteiger partial charge in [-0.05, 0) is 49.1 Å². The van der Waals surface area contributed by atoms with Crippen molar-refractivity contribution < 1.29 is 19.5 Å². The van der Waals surface area contributed by atoms with Crippen molar-refractivity contribution in [2.24, 2.45) is 5.92 Å². The molecule has 1 aromatic carbocycles. The van der Waals surface area contributed by atoms with E-state index < -0.39 is 11.8 Å². The van der Waals surface area contributed by atoms with Gasteiger partial charge in [0.2, 0.25) is 0 Å². The summed E-state index contributed by atoms with van der Waals surface area (Å²) in [4.78, 5) is 24.7. The van der Waals surface area contributed by atoms with Gasteiger partial charge in [-0.3, -0.25) is 14.8 Å². The average molecular weight is 463 g/mol. The standard InChI is InChI=1S/C26H30N4O4/c31-25(27-22-12-14-34-16-21(22)26(32)29-33)19-10-8-17(9-11-19)15-20-23-7-3-4-13-30(23)28-24(20)18-5-1-2-6-18/h3-4,7-11,13,18,21-22,33H,1-2,5-6,12,14-16H2,(H,27,31)(H,29,32)/t21-,22+/m0/s1. The van der Waals surface area contributed by atoms with Crippen molar-refractivity contribution in [2.45, 2.75) is 50.5 Å². The second-order valence-corrected chi connectivity index (χ2v) is 9.28. The summed E-state index contributed by atoms with van der Waals surface area (Å²) in [5.74, 6) is -0.890. The molecule has 8 heteroatoms. The zero-order chi connectivity index (χ0) is 23.5. The molecule has 2 fully saturated rings. The van der Waals surface area contributed by atoms with E-state index in [0.29, 0.717) is 24.5 Å². The van der Waals surface area contributed by atoms with Gasteiger partial charge >= 0.3 is 0 Å². The molecule has 3 aromatic rings. The van der Waals surface area contributed by atoms with Crippen molar-refractivity contribution in [1.82, 2.24) is 20.4 Å². The molecule has 0 radical (unpaired) electrons. The summed E-state index contributed by atoms with van der Waals surface area (Å²) in [6.45, 7) is 0.626. The van der Waals surface area contributed by atoms with E-state index in [9.17, 15) is 9.59 Å². The van der Waals surface area contributed by atoms with Crippen LogP contribution in [0.1, 0.15) is 65.2 Å². The number of pyridine rings is 1. The van der Waals surface area contributed by atoms with Crippen molar-refractivity contribution in [3.63, 3.8) is 0 Å². The second-order valence-electron chi connectivity index (χ2n) is 9.28. The van der Waals surface area contributed by atoms with Gasteiger partial charge in [-0.25, -0.2) is 10.00 Å². The molecule has 2 atom stereocenters. The third-order valence-corrected chi connectivity index (χ3v) is 7.13. The number of aromatic nitrogens is 2. The summed E-state index contributed by atoms with van der Waals surface area (Å²) in [6.07, 6.45) is 8.19. The van der Waals surface area contributed by atoms with E-state index in [1.807, 2.05) is 47.1 Å². The third-order valence-electron chi connectivity index (χ3n) is 7.13. The van der Waals surface area contributed by atoms with Crippen molar-refractivity contribution in [1.29, 1.82) is 0 Å². The molecule has 2 aromatic heterocycles. The number of ether oxygens (including phenoxy) is 1. The normalized spacial score (nSPS) is 21.0. The van der Waals surface area contributed by atoms with E-state index >= 15 is 0 Å². The van der Waals surface area contributed by atoms with Gasteiger partial charge in [-0.2, -0.15) is 5.10 Å². The van der Waals surface area contributed by atoms with Crippen LogP contribution >= 0.6 is 0 Å². The number of hydrogen-bond donors (Lipinski definition) is 3. The molecule has 0 bridgehead atoms. The first-order valence-electron chi connectivity index (χ1n) is 12.0. The van der Waals surface area contributed by atoms with Gasteiger partial charge in [0.05, 0.1) is 23.7 Å². The van der Waals surface area contributed by atoms with Crippen LogP contribution in [-0.2, 0) is 16.0 Å². The van der Waals surface area contributed by atoms with Crippen LogP contribution in [0.5, 0.6) is 0 Å². The lowest BCUT2D eigenvalue weighted by Crippen LogP contribution is -2.51. The maximum absolute atomic E-state index is 12.8. The first-order chi connectivity index (χ1) is 16.6. The molecule has 8 nitrogen and oxygen atoms in total. The number of benzene rings is 1. The van der Waals surface area contributed by atoms with E-state index in [2.05, 4.69) is 11.4 Å². The zero-order valence-electron chi connectivity index (χ0n) is 19.1. The Balaban J connectivity index is 1.32. The molecule has 1 saturated carbocycles. The average Bonchev–Trinajstić information content (AvgIpc) is 3.53. The SMILES string of the molecule is O=C(N[C@@H]1CCOC[C@@H]1C(=O)NO)c1ccc(Cc2c(C3CCCC3)nn3ccccc23)cc1. The fraction of sp³-hybridized carbons (Fsp3) is 0.423. The lowest BCUT2D eigenvalue weighted by atomic mass is 9.94. The van der Waals surface area contributed by atoms with Crippen LogP contribution in [0.2, 0.25) is 0 Å². The predicted molar refractivity (Wildman–Crippen MR) is 126 cm³/mol. The molecule has 0 spiro atoms. The largest absolute Gasteiger partial charge is 0.380 e. The molecule has 3 heterocycles. The highest BCUT2D eigenvalue weighted by Gasteiger charge is 2.33. The number of hydroxylamine groups is 1. The van der Waals surface area contributed by atoms with Crippen LogP contribution < -0.4 is 10.8 Å². The molecule has 5 rings (SSSR count). The van der Waals surface area contributed by atoms with Crippen LogP contribution in [0.4, 0.5) is 0 Å². The van der Waals surface area contributed by atoms with Crippen molar-refractivity contribution in [3.8, 4) is 0 Å². The van der Waals surface area contributed by atoms with E-state index in [1.165, 1.54) is 36.9 Å². The minimum Gasteiger partial charge on any atom is -0.380 e. The van der Waals surface area contributed by atoms with Crippen LogP contribution in [-0.4, -0.2) is 45.9 Å². The lowest BCUT2D eigenvalue weighted by molar-refractivity contribution is -0.138. The van der Waals surface area contributed by atoms with Gasteiger partial charge in [0.25, 0.3) is 11.8 Å². The highest BCUT2D eigenvalue weighted by Crippen LogP contribution is 2.37. The van der Waals surface area contributed by atoms with E-state index in [0.717, 1.165) is 17.5 Å². The molecule has 2 amide bonds. The number of rotatable bonds is 6. The van der Waals surface area contributed by atoms with Crippen LogP contribution in [0, 0.1) is 5.92 Å². The molecule has 178 valence electrons. The second kappa shape index (κ2) is 9.95. The van der Waals surface area contributed by atoms with E-state index in [-0.39, 0.29) is 18.6 Å². The highest BCUT2D eigenvalue weighted by molar-refractivity contribution is 5.95. The van der Waals surface area contributed by atoms with Crippen molar-refractivity contribution >= 4 is 17.3 Å². The number of amides is 2. The smallest absolute Gasteiger partial charge is 0.251 e. The van der Waals surface area contributed by atoms with Gasteiger partial charge in [-0.1, -0.05) is 31.0 Å². The van der Waals surface area contributed by atoms with E-state index in [1.54, 1.807) is 5.48 Å². The topological polar surface area (TPSA) is 105 Å². The third kappa shape index (κ3) is 4.56. The van der Waals surface area contributed by atoms with Crippen molar-refractivity contribution in [2.75, 3.05) is 13.2 Å². The minimum absolute atomic E-state index is 0.166. The zero-order valence-corrected chi connectivity index (χ0v) is 19.1. The Hall–Kier alpha value is -3.23. The monoisotopic (exact) mass is 462 g/mol. The molecule has 2 aliphatic rings. The summed E-state index contributed by atoms with van der Waals surface area (Å²) in [5.41, 5.74) is 6.94. The van der Waals surface area contributed by atoms with Gasteiger partial charge in [0.15, 0.2) is 0 Å². The number of hydrogen-bond acceptors (Lipinski definition) is 5. The minimum atomic E-state index is -0.619. The number of carbonyl (C=O) groups is 2. The number of fused-ring (bicyclic) bond motifs is 1. The van der Waals surface area contributed by atoms with Gasteiger partial charge in [0.1, 0.15) is 0 Å². The van der Waals surface area contributed by atoms with Crippen LogP contribution in [0.25, 0.3) is 5.52 Å². The Kier molecular flexibility index (Phi) is 6.60. The summed E-state index contributed by atoms with van der Waals surface area (Å²) in [5, 5.41) is 16.8. The predicted octanol–water partition coefficient (Wildman–Crippen LogP) is 3.22. The molecular weight excluding hydrogens is 432 g/mol. The summed E-state index contributed by atoms with van der Waals surface area (Å²) in [6, 6.07) is 13.4. The van der Waals surface area contributed by atoms with E-state index in [4.69, 9.17) is 15.0 Å². The fourth-order valence-corrected chi connectivity index (χ4v) is 5.26. The maximum Gasteiger partial charge on any atom is 0.251 e. The molecule has 1 saturated heterocycles. The molecule has 1 aliphatic carbocycles. The Labute approximate surface area is 198 Å². The molecule has 34 heavy (non-hydrogen) atoms. The first-order valence-corrected chi connectivity index (χ1v) is 12.0. The molecule has 3 N–H and O–H groups in total. The molecular formula is C26H30N4O4. The first kappa shape index (κ1) is 22.6. The summed E-state index contributed by atoms with van der Waals surface area (Å²) >= 11 is 0. The number of nitrogens with zero attached hydrogens (tertiary/aromatic N) is 2. The van der Waals surface area contributed by atoms with Gasteiger partial charge < -0.3 is 10.1 Å². The Bertz CT molecular complexity index is 1170. The summed E-state index contributed by atoms with van der Waals surface area (Å²) in [7, 11) is 0. The molecule has 1 aliphatic heterocycles. The summed E-state index contributed by atoms with van der Waals surface area (Å²) < 4.78 is 7.32. The molecule has 0 unspecified atom stereocenters. The maximum atomic E-state index is 12.8. The number of nitrogens with one attached hydrogen (secondary N) is 2. The fourth-order valence-electron chi connectivity index (χ4n) is 5.26. The van der Waals surface area contributed by atoms with Crippen LogP contribution in [0.3, 0.4) is 0 Å². The van der Waals surface area contributed by atoms with Gasteiger partial charge in [0, 0.05) is 42.3 Å². The Morgan fingerprint density at radius 1 is 1.09 bits per heavy atom. The van der Waals surface area contributed by atoms with Gasteiger partial charge in [-0.15, -0.1) is 0 Å². The van der Waals surface area contributed by atoms with Crippen LogP contribution in [0.15, 0.2) is 48.7 Å². The highest BCUT2D eigenvalue weighted by atomic mass is 16.5.